The van der Waals surface area contributed by atoms with Gasteiger partial charge in [0.25, 0.3) is 5.69 Å². The van der Waals surface area contributed by atoms with E-state index in [-0.39, 0.29) is 22.0 Å². The lowest BCUT2D eigenvalue weighted by molar-refractivity contribution is -0.383. The average Bonchev–Trinajstić information content (AvgIpc) is 2.64. The Balaban J connectivity index is 2.70. The summed E-state index contributed by atoms with van der Waals surface area (Å²) in [5.41, 5.74) is 5.74. The van der Waals surface area contributed by atoms with E-state index in [0.29, 0.717) is 5.52 Å². The SMILES string of the molecule is NC(=S)Nc1c([N+](=O)[O-])ccc2nonc12. The highest BCUT2D eigenvalue weighted by atomic mass is 32.1. The molecule has 0 aliphatic rings. The second-order valence-corrected chi connectivity index (χ2v) is 3.28. The zero-order chi connectivity index (χ0) is 11.7. The van der Waals surface area contributed by atoms with E-state index in [1.165, 1.54) is 12.1 Å². The maximum absolute atomic E-state index is 10.8. The molecule has 1 aromatic carbocycles. The minimum Gasteiger partial charge on any atom is -0.376 e. The molecule has 82 valence electrons. The van der Waals surface area contributed by atoms with Crippen LogP contribution in [0, 0.1) is 10.1 Å². The predicted octanol–water partition coefficient (Wildman–Crippen LogP) is 0.786. The lowest BCUT2D eigenvalue weighted by Gasteiger charge is -2.03. The van der Waals surface area contributed by atoms with Crippen LogP contribution in [0.1, 0.15) is 0 Å². The molecule has 0 aliphatic carbocycles. The fourth-order valence-corrected chi connectivity index (χ4v) is 1.34. The first-order valence-electron chi connectivity index (χ1n) is 4.05. The first-order valence-corrected chi connectivity index (χ1v) is 4.46. The van der Waals surface area contributed by atoms with Crippen LogP contribution in [0.15, 0.2) is 16.8 Å². The molecule has 8 nitrogen and oxygen atoms in total. The third-order valence-corrected chi connectivity index (χ3v) is 1.95. The molecule has 3 N–H and O–H groups in total. The summed E-state index contributed by atoms with van der Waals surface area (Å²) >= 11 is 4.63. The van der Waals surface area contributed by atoms with Crippen LogP contribution in [0.4, 0.5) is 11.4 Å². The van der Waals surface area contributed by atoms with Crippen molar-refractivity contribution < 1.29 is 9.55 Å². The maximum atomic E-state index is 10.8. The summed E-state index contributed by atoms with van der Waals surface area (Å²) in [5.74, 6) is 0. The van der Waals surface area contributed by atoms with Gasteiger partial charge in [-0.05, 0) is 28.6 Å². The van der Waals surface area contributed by atoms with Gasteiger partial charge < -0.3 is 11.1 Å². The number of hydrogen-bond acceptors (Lipinski definition) is 6. The Morgan fingerprint density at radius 2 is 2.31 bits per heavy atom. The average molecular weight is 239 g/mol. The van der Waals surface area contributed by atoms with E-state index >= 15 is 0 Å². The number of nitro groups is 1. The smallest absolute Gasteiger partial charge is 0.295 e. The first kappa shape index (κ1) is 10.2. The molecule has 0 fully saturated rings. The van der Waals surface area contributed by atoms with Gasteiger partial charge in [-0.2, -0.15) is 0 Å². The fraction of sp³-hybridized carbons (Fsp3) is 0. The fourth-order valence-electron chi connectivity index (χ4n) is 1.24. The number of nitrogens with zero attached hydrogens (tertiary/aromatic N) is 3. The van der Waals surface area contributed by atoms with Gasteiger partial charge in [0.15, 0.2) is 16.3 Å². The molecule has 16 heavy (non-hydrogen) atoms. The summed E-state index contributed by atoms with van der Waals surface area (Å²) in [6.07, 6.45) is 0. The van der Waals surface area contributed by atoms with Crippen molar-refractivity contribution in [2.75, 3.05) is 5.32 Å². The Hall–Kier alpha value is -2.29. The third kappa shape index (κ3) is 1.63. The summed E-state index contributed by atoms with van der Waals surface area (Å²) in [7, 11) is 0. The van der Waals surface area contributed by atoms with Gasteiger partial charge in [-0.15, -0.1) is 0 Å². The van der Waals surface area contributed by atoms with E-state index in [4.69, 9.17) is 5.73 Å². The molecular formula is C7H5N5O3S. The Morgan fingerprint density at radius 1 is 1.56 bits per heavy atom. The Kier molecular flexibility index (Phi) is 2.37. The van der Waals surface area contributed by atoms with E-state index in [9.17, 15) is 10.1 Å². The monoisotopic (exact) mass is 239 g/mol. The highest BCUT2D eigenvalue weighted by Gasteiger charge is 2.20. The standard InChI is InChI=1S/C7H5N5O3S/c8-7(16)9-6-4(12(13)14)2-1-3-5(6)11-15-10-3/h1-2H,(H3,8,9,16). The number of aromatic nitrogens is 2. The summed E-state index contributed by atoms with van der Waals surface area (Å²) in [5, 5.41) is 20.3. The second kappa shape index (κ2) is 3.70. The molecular weight excluding hydrogens is 234 g/mol. The van der Waals surface area contributed by atoms with E-state index in [2.05, 4.69) is 32.5 Å². The van der Waals surface area contributed by atoms with Gasteiger partial charge in [0, 0.05) is 6.07 Å². The molecule has 0 radical (unpaired) electrons. The highest BCUT2D eigenvalue weighted by Crippen LogP contribution is 2.30. The molecule has 0 unspecified atom stereocenters. The first-order chi connectivity index (χ1) is 7.59. The van der Waals surface area contributed by atoms with Crippen LogP contribution < -0.4 is 11.1 Å². The molecule has 0 amide bonds. The van der Waals surface area contributed by atoms with Crippen LogP contribution in [0.5, 0.6) is 0 Å². The molecule has 0 atom stereocenters. The van der Waals surface area contributed by atoms with Gasteiger partial charge in [0.1, 0.15) is 5.52 Å². The number of nitrogens with two attached hydrogens (primary N) is 1. The predicted molar refractivity (Wildman–Crippen MR) is 58.9 cm³/mol. The normalized spacial score (nSPS) is 10.2. The zero-order valence-corrected chi connectivity index (χ0v) is 8.52. The van der Waals surface area contributed by atoms with Gasteiger partial charge in [-0.3, -0.25) is 10.1 Å². The third-order valence-electron chi connectivity index (χ3n) is 1.85. The van der Waals surface area contributed by atoms with Crippen molar-refractivity contribution in [3.8, 4) is 0 Å². The lowest BCUT2D eigenvalue weighted by Crippen LogP contribution is -2.19. The molecule has 2 aromatic rings. The van der Waals surface area contributed by atoms with Gasteiger partial charge in [0.2, 0.25) is 0 Å². The quantitative estimate of drug-likeness (QED) is 0.448. The van der Waals surface area contributed by atoms with Crippen LogP contribution in [-0.2, 0) is 0 Å². The number of anilines is 1. The molecule has 0 saturated carbocycles. The van der Waals surface area contributed by atoms with Crippen molar-refractivity contribution in [2.24, 2.45) is 5.73 Å². The summed E-state index contributed by atoms with van der Waals surface area (Å²) in [6, 6.07) is 2.70. The van der Waals surface area contributed by atoms with Crippen molar-refractivity contribution in [1.82, 2.24) is 10.3 Å². The van der Waals surface area contributed by atoms with Crippen molar-refractivity contribution in [2.45, 2.75) is 0 Å². The van der Waals surface area contributed by atoms with Crippen molar-refractivity contribution in [3.05, 3.63) is 22.2 Å². The number of rotatable bonds is 2. The van der Waals surface area contributed by atoms with Crippen LogP contribution in [0.2, 0.25) is 0 Å². The molecule has 0 spiro atoms. The van der Waals surface area contributed by atoms with Crippen LogP contribution in [0.3, 0.4) is 0 Å². The molecule has 1 heterocycles. The summed E-state index contributed by atoms with van der Waals surface area (Å²) in [6.45, 7) is 0. The number of hydrogen-bond donors (Lipinski definition) is 2. The van der Waals surface area contributed by atoms with Crippen LogP contribution in [-0.4, -0.2) is 20.3 Å². The van der Waals surface area contributed by atoms with Crippen molar-refractivity contribution in [1.29, 1.82) is 0 Å². The molecule has 0 aliphatic heterocycles. The number of nitrogens with one attached hydrogen (secondary N) is 1. The minimum absolute atomic E-state index is 0.0799. The van der Waals surface area contributed by atoms with Crippen molar-refractivity contribution >= 4 is 39.7 Å². The van der Waals surface area contributed by atoms with Crippen molar-refractivity contribution in [3.63, 3.8) is 0 Å². The summed E-state index contributed by atoms with van der Waals surface area (Å²) < 4.78 is 4.48. The molecule has 0 bridgehead atoms. The summed E-state index contributed by atoms with van der Waals surface area (Å²) in [4.78, 5) is 10.2. The highest BCUT2D eigenvalue weighted by molar-refractivity contribution is 7.80. The molecule has 9 heteroatoms. The van der Waals surface area contributed by atoms with Gasteiger partial charge in [-0.1, -0.05) is 0 Å². The van der Waals surface area contributed by atoms with Crippen LogP contribution in [0.25, 0.3) is 11.0 Å². The second-order valence-electron chi connectivity index (χ2n) is 2.84. The zero-order valence-electron chi connectivity index (χ0n) is 7.71. The van der Waals surface area contributed by atoms with E-state index in [1.807, 2.05) is 0 Å². The van der Waals surface area contributed by atoms with Crippen LogP contribution >= 0.6 is 12.2 Å². The van der Waals surface area contributed by atoms with E-state index < -0.39 is 4.92 Å². The van der Waals surface area contributed by atoms with Gasteiger partial charge >= 0.3 is 0 Å². The Bertz CT molecular complexity index is 580. The number of thiocarbonyl (C=S) groups is 1. The molecule has 1 aromatic heterocycles. The lowest BCUT2D eigenvalue weighted by atomic mass is 10.2. The van der Waals surface area contributed by atoms with Gasteiger partial charge in [0.05, 0.1) is 4.92 Å². The van der Waals surface area contributed by atoms with Gasteiger partial charge in [-0.25, -0.2) is 4.63 Å². The van der Waals surface area contributed by atoms with E-state index in [0.717, 1.165) is 0 Å². The number of benzene rings is 1. The molecule has 2 rings (SSSR count). The number of fused-ring (bicyclic) bond motifs is 1. The maximum Gasteiger partial charge on any atom is 0.295 e. The minimum atomic E-state index is -0.575. The topological polar surface area (TPSA) is 120 Å². The number of nitro benzene ring substituents is 1. The molecule has 0 saturated heterocycles. The Labute approximate surface area is 93.5 Å². The largest absolute Gasteiger partial charge is 0.376 e. The van der Waals surface area contributed by atoms with E-state index in [1.54, 1.807) is 0 Å². The Morgan fingerprint density at radius 3 is 2.94 bits per heavy atom.